The lowest BCUT2D eigenvalue weighted by atomic mass is 10.3. The molecule has 70 valence electrons. The molecule has 1 aromatic rings. The zero-order chi connectivity index (χ0) is 10.0. The summed E-state index contributed by atoms with van der Waals surface area (Å²) >= 11 is 0.498. The number of halogens is 1. The van der Waals surface area contributed by atoms with Crippen LogP contribution in [0.5, 0.6) is 0 Å². The fraction of sp³-hybridized carbons (Fsp3) is 0. The standard InChI is InChI=1S/C6H4BrNO4S/c7-5-2-1-4(13(11)12)3-6(5)8(9)10/h1-3H,(H,11,12)/p-1. The molecule has 13 heavy (non-hydrogen) atoms. The Kier molecular flexibility index (Phi) is 3.12. The smallest absolute Gasteiger partial charge is 0.284 e. The highest BCUT2D eigenvalue weighted by molar-refractivity contribution is 9.10. The van der Waals surface area contributed by atoms with Crippen LogP contribution in [0, 0.1) is 10.1 Å². The van der Waals surface area contributed by atoms with Gasteiger partial charge in [-0.25, -0.2) is 0 Å². The van der Waals surface area contributed by atoms with E-state index < -0.39 is 16.0 Å². The Hall–Kier alpha value is -0.790. The molecule has 1 rings (SSSR count). The summed E-state index contributed by atoms with van der Waals surface area (Å²) in [4.78, 5) is 9.62. The van der Waals surface area contributed by atoms with Gasteiger partial charge in [-0.05, 0) is 39.1 Å². The van der Waals surface area contributed by atoms with E-state index in [1.165, 1.54) is 12.1 Å². The summed E-state index contributed by atoms with van der Waals surface area (Å²) in [5.41, 5.74) is -0.262. The lowest BCUT2D eigenvalue weighted by Gasteiger charge is -2.04. The van der Waals surface area contributed by atoms with Gasteiger partial charge < -0.3 is 4.55 Å². The van der Waals surface area contributed by atoms with Gasteiger partial charge in [0.1, 0.15) is 0 Å². The highest BCUT2D eigenvalue weighted by Gasteiger charge is 2.12. The third-order valence-corrected chi connectivity index (χ3v) is 2.62. The molecule has 0 aliphatic rings. The number of hydrogen-bond donors (Lipinski definition) is 0. The molecule has 0 saturated carbocycles. The molecule has 0 aliphatic heterocycles. The first-order valence-corrected chi connectivity index (χ1v) is 4.92. The molecule has 0 radical (unpaired) electrons. The third-order valence-electron chi connectivity index (χ3n) is 1.31. The Morgan fingerprint density at radius 2 is 2.08 bits per heavy atom. The van der Waals surface area contributed by atoms with Gasteiger partial charge in [0.25, 0.3) is 5.69 Å². The first kappa shape index (κ1) is 10.3. The van der Waals surface area contributed by atoms with Gasteiger partial charge in [-0.2, -0.15) is 0 Å². The Morgan fingerprint density at radius 3 is 2.54 bits per heavy atom. The molecule has 0 aliphatic carbocycles. The number of rotatable bonds is 2. The van der Waals surface area contributed by atoms with E-state index in [-0.39, 0.29) is 15.1 Å². The maximum absolute atomic E-state index is 10.4. The molecule has 0 bridgehead atoms. The molecule has 5 nitrogen and oxygen atoms in total. The number of hydrogen-bond acceptors (Lipinski definition) is 4. The van der Waals surface area contributed by atoms with Crippen molar-refractivity contribution in [2.75, 3.05) is 0 Å². The molecule has 7 heteroatoms. The number of benzene rings is 1. The predicted molar refractivity (Wildman–Crippen MR) is 48.0 cm³/mol. The molecule has 1 unspecified atom stereocenters. The van der Waals surface area contributed by atoms with Crippen LogP contribution in [-0.2, 0) is 11.1 Å². The fourth-order valence-electron chi connectivity index (χ4n) is 0.736. The maximum atomic E-state index is 10.4. The molecule has 0 heterocycles. The van der Waals surface area contributed by atoms with Crippen LogP contribution >= 0.6 is 15.9 Å². The SMILES string of the molecule is O=[N+]([O-])c1cc(S(=O)[O-])ccc1Br. The average molecular weight is 265 g/mol. The van der Waals surface area contributed by atoms with Crippen molar-refractivity contribution < 1.29 is 13.7 Å². The molecule has 0 N–H and O–H groups in total. The van der Waals surface area contributed by atoms with Gasteiger partial charge in [0.15, 0.2) is 0 Å². The lowest BCUT2D eigenvalue weighted by molar-refractivity contribution is -0.385. The van der Waals surface area contributed by atoms with Crippen LogP contribution in [0.2, 0.25) is 0 Å². The van der Waals surface area contributed by atoms with Gasteiger partial charge in [0.2, 0.25) is 0 Å². The van der Waals surface area contributed by atoms with E-state index in [2.05, 4.69) is 15.9 Å². The zero-order valence-electron chi connectivity index (χ0n) is 6.10. The number of nitrogens with zero attached hydrogens (tertiary/aromatic N) is 1. The van der Waals surface area contributed by atoms with Crippen LogP contribution in [0.1, 0.15) is 0 Å². The Bertz CT molecular complexity index is 381. The summed E-state index contributed by atoms with van der Waals surface area (Å²) in [5.74, 6) is 0. The summed E-state index contributed by atoms with van der Waals surface area (Å²) in [6.45, 7) is 0. The molecule has 0 spiro atoms. The van der Waals surface area contributed by atoms with E-state index in [1.54, 1.807) is 0 Å². The van der Waals surface area contributed by atoms with Crippen LogP contribution in [-0.4, -0.2) is 13.7 Å². The first-order chi connectivity index (χ1) is 6.02. The van der Waals surface area contributed by atoms with Crippen LogP contribution in [0.25, 0.3) is 0 Å². The van der Waals surface area contributed by atoms with Gasteiger partial charge in [0.05, 0.1) is 9.40 Å². The van der Waals surface area contributed by atoms with Crippen molar-refractivity contribution in [3.63, 3.8) is 0 Å². The van der Waals surface area contributed by atoms with Crippen LogP contribution in [0.3, 0.4) is 0 Å². The highest BCUT2D eigenvalue weighted by Crippen LogP contribution is 2.26. The van der Waals surface area contributed by atoms with Gasteiger partial charge in [-0.15, -0.1) is 0 Å². The topological polar surface area (TPSA) is 83.3 Å². The van der Waals surface area contributed by atoms with E-state index in [1.807, 2.05) is 0 Å². The van der Waals surface area contributed by atoms with Crippen molar-refractivity contribution in [2.45, 2.75) is 4.90 Å². The maximum Gasteiger partial charge on any atom is 0.284 e. The second-order valence-corrected chi connectivity index (χ2v) is 3.90. The number of nitro groups is 1. The molecule has 0 amide bonds. The quantitative estimate of drug-likeness (QED) is 0.461. The lowest BCUT2D eigenvalue weighted by Crippen LogP contribution is -1.93. The minimum Gasteiger partial charge on any atom is -0.768 e. The largest absolute Gasteiger partial charge is 0.768 e. The first-order valence-electron chi connectivity index (χ1n) is 3.05. The molecule has 0 aromatic heterocycles. The summed E-state index contributed by atoms with van der Waals surface area (Å²) in [6, 6.07) is 3.59. The summed E-state index contributed by atoms with van der Waals surface area (Å²) in [7, 11) is 0. The molecule has 0 fully saturated rings. The molecular formula is C6H3BrNO4S-. The molecular weight excluding hydrogens is 262 g/mol. The zero-order valence-corrected chi connectivity index (χ0v) is 8.50. The minimum atomic E-state index is -2.44. The number of nitro benzene ring substituents is 1. The van der Waals surface area contributed by atoms with E-state index >= 15 is 0 Å². The van der Waals surface area contributed by atoms with Crippen LogP contribution in [0.15, 0.2) is 27.6 Å². The summed E-state index contributed by atoms with van der Waals surface area (Å²) in [5, 5.41) is 10.4. The van der Waals surface area contributed by atoms with Crippen LogP contribution < -0.4 is 0 Å². The van der Waals surface area contributed by atoms with Crippen molar-refractivity contribution in [1.29, 1.82) is 0 Å². The van der Waals surface area contributed by atoms with Crippen LogP contribution in [0.4, 0.5) is 5.69 Å². The van der Waals surface area contributed by atoms with E-state index in [9.17, 15) is 18.9 Å². The Balaban J connectivity index is 3.27. The minimum absolute atomic E-state index is 0.102. The second-order valence-electron chi connectivity index (χ2n) is 2.11. The predicted octanol–water partition coefficient (Wildman–Crippen LogP) is 1.60. The normalized spacial score (nSPS) is 12.5. The molecule has 1 atom stereocenters. The van der Waals surface area contributed by atoms with E-state index in [4.69, 9.17) is 0 Å². The van der Waals surface area contributed by atoms with Crippen molar-refractivity contribution in [3.05, 3.63) is 32.8 Å². The van der Waals surface area contributed by atoms with Crippen molar-refractivity contribution >= 4 is 32.7 Å². The molecule has 0 saturated heterocycles. The fourth-order valence-corrected chi connectivity index (χ4v) is 1.51. The van der Waals surface area contributed by atoms with Gasteiger partial charge in [0, 0.05) is 11.0 Å². The average Bonchev–Trinajstić information content (AvgIpc) is 2.04. The monoisotopic (exact) mass is 264 g/mol. The van der Waals surface area contributed by atoms with Crippen molar-refractivity contribution in [3.8, 4) is 0 Å². The van der Waals surface area contributed by atoms with E-state index in [0.29, 0.717) is 0 Å². The van der Waals surface area contributed by atoms with Gasteiger partial charge >= 0.3 is 0 Å². The van der Waals surface area contributed by atoms with Gasteiger partial charge in [-0.3, -0.25) is 14.3 Å². The summed E-state index contributed by atoms with van der Waals surface area (Å²) < 4.78 is 21.2. The Labute approximate surface area is 84.3 Å². The third kappa shape index (κ3) is 2.33. The summed E-state index contributed by atoms with van der Waals surface area (Å²) in [6.07, 6.45) is 0. The van der Waals surface area contributed by atoms with Gasteiger partial charge in [-0.1, -0.05) is 0 Å². The van der Waals surface area contributed by atoms with Crippen molar-refractivity contribution in [2.24, 2.45) is 0 Å². The second kappa shape index (κ2) is 3.95. The highest BCUT2D eigenvalue weighted by atomic mass is 79.9. The van der Waals surface area contributed by atoms with Crippen molar-refractivity contribution in [1.82, 2.24) is 0 Å². The molecule has 1 aromatic carbocycles. The van der Waals surface area contributed by atoms with E-state index in [0.717, 1.165) is 6.07 Å². The Morgan fingerprint density at radius 1 is 1.46 bits per heavy atom.